The summed E-state index contributed by atoms with van der Waals surface area (Å²) in [6.45, 7) is 2.08. The third-order valence-electron chi connectivity index (χ3n) is 3.15. The van der Waals surface area contributed by atoms with E-state index in [1.165, 1.54) is 5.56 Å². The topological polar surface area (TPSA) is 83.1 Å². The lowest BCUT2D eigenvalue weighted by molar-refractivity contribution is 1.09. The molecule has 0 aliphatic carbocycles. The molecule has 0 aliphatic rings. The molecule has 7 heteroatoms. The minimum Gasteiger partial charge on any atom is -0.285 e. The van der Waals surface area contributed by atoms with Crippen molar-refractivity contribution in [1.82, 2.24) is 30.4 Å². The predicted molar refractivity (Wildman–Crippen MR) is 77.3 cm³/mol. The zero-order valence-electron chi connectivity index (χ0n) is 10.6. The van der Waals surface area contributed by atoms with Crippen LogP contribution in [0.5, 0.6) is 0 Å². The van der Waals surface area contributed by atoms with Gasteiger partial charge in [0.1, 0.15) is 11.2 Å². The third-order valence-corrected chi connectivity index (χ3v) is 4.18. The van der Waals surface area contributed by atoms with Gasteiger partial charge in [-0.15, -0.1) is 11.3 Å². The van der Waals surface area contributed by atoms with E-state index in [-0.39, 0.29) is 0 Å². The molecule has 0 aliphatic heterocycles. The van der Waals surface area contributed by atoms with Crippen molar-refractivity contribution in [3.63, 3.8) is 0 Å². The summed E-state index contributed by atoms with van der Waals surface area (Å²) in [7, 11) is 0. The van der Waals surface area contributed by atoms with E-state index in [4.69, 9.17) is 0 Å². The van der Waals surface area contributed by atoms with Gasteiger partial charge in [-0.3, -0.25) is 10.2 Å². The summed E-state index contributed by atoms with van der Waals surface area (Å²) in [5, 5.41) is 16.0. The maximum Gasteiger partial charge on any atom is 0.200 e. The van der Waals surface area contributed by atoms with Gasteiger partial charge in [-0.25, -0.2) is 9.97 Å². The average Bonchev–Trinajstić information content (AvgIpc) is 3.17. The van der Waals surface area contributed by atoms with E-state index in [1.807, 2.05) is 0 Å². The summed E-state index contributed by atoms with van der Waals surface area (Å²) in [5.41, 5.74) is 5.23. The van der Waals surface area contributed by atoms with Crippen LogP contribution in [0.2, 0.25) is 0 Å². The quantitative estimate of drug-likeness (QED) is 0.592. The van der Waals surface area contributed by atoms with Gasteiger partial charge in [-0.2, -0.15) is 10.2 Å². The van der Waals surface area contributed by atoms with Crippen LogP contribution >= 0.6 is 11.3 Å². The Morgan fingerprint density at radius 1 is 1.25 bits per heavy atom. The van der Waals surface area contributed by atoms with Crippen LogP contribution in [0.25, 0.3) is 33.0 Å². The van der Waals surface area contributed by atoms with Crippen LogP contribution in [0.1, 0.15) is 5.56 Å². The molecule has 0 radical (unpaired) electrons. The van der Waals surface area contributed by atoms with E-state index >= 15 is 0 Å². The highest BCUT2D eigenvalue weighted by atomic mass is 32.1. The van der Waals surface area contributed by atoms with Gasteiger partial charge in [0.05, 0.1) is 23.0 Å². The van der Waals surface area contributed by atoms with Crippen LogP contribution in [-0.2, 0) is 0 Å². The molecular weight excluding hydrogens is 272 g/mol. The molecule has 0 saturated carbocycles. The van der Waals surface area contributed by atoms with Gasteiger partial charge in [0.15, 0.2) is 5.65 Å². The lowest BCUT2D eigenvalue weighted by Gasteiger charge is -1.98. The van der Waals surface area contributed by atoms with Crippen molar-refractivity contribution < 1.29 is 0 Å². The number of nitrogens with one attached hydrogen (secondary N) is 2. The van der Waals surface area contributed by atoms with E-state index in [2.05, 4.69) is 48.7 Å². The van der Waals surface area contributed by atoms with Crippen LogP contribution < -0.4 is 0 Å². The summed E-state index contributed by atoms with van der Waals surface area (Å²) >= 11 is 1.67. The largest absolute Gasteiger partial charge is 0.285 e. The first-order valence-corrected chi connectivity index (χ1v) is 6.95. The average molecular weight is 282 g/mol. The fourth-order valence-corrected chi connectivity index (χ4v) is 3.03. The summed E-state index contributed by atoms with van der Waals surface area (Å²) < 4.78 is 0. The number of thiophene rings is 1. The van der Waals surface area contributed by atoms with Crippen LogP contribution in [0.3, 0.4) is 0 Å². The molecule has 4 aromatic rings. The molecule has 0 spiro atoms. The Morgan fingerprint density at radius 3 is 2.95 bits per heavy atom. The van der Waals surface area contributed by atoms with Gasteiger partial charge in [-0.05, 0) is 23.9 Å². The Hall–Kier alpha value is -2.54. The monoisotopic (exact) mass is 282 g/mol. The van der Waals surface area contributed by atoms with Crippen molar-refractivity contribution in [1.29, 1.82) is 0 Å². The second-order valence-electron chi connectivity index (χ2n) is 4.45. The number of aromatic amines is 2. The molecule has 4 aromatic heterocycles. The van der Waals surface area contributed by atoms with Crippen LogP contribution in [0, 0.1) is 6.92 Å². The molecule has 0 bridgehead atoms. The normalized spacial score (nSPS) is 11.2. The smallest absolute Gasteiger partial charge is 0.200 e. The number of rotatable bonds is 2. The Balaban J connectivity index is 1.95. The van der Waals surface area contributed by atoms with Gasteiger partial charge < -0.3 is 0 Å². The molecule has 0 saturated heterocycles. The number of H-pyrrole nitrogens is 2. The fraction of sp³-hybridized carbons (Fsp3) is 0.0769. The Morgan fingerprint density at radius 2 is 2.20 bits per heavy atom. The standard InChI is InChI=1S/C13H10N6S/c1-7-2-3-20-12(7)10-11-13(19-18-10)14-6-9(17-11)8-4-15-16-5-8/h2-6H,1H3,(H,15,16)(H,14,18,19). The van der Waals surface area contributed by atoms with Crippen molar-refractivity contribution >= 4 is 22.5 Å². The Labute approximate surface area is 117 Å². The predicted octanol–water partition coefficient (Wildman–Crippen LogP) is 2.78. The van der Waals surface area contributed by atoms with Gasteiger partial charge in [0, 0.05) is 11.8 Å². The van der Waals surface area contributed by atoms with E-state index in [1.54, 1.807) is 29.9 Å². The molecule has 0 atom stereocenters. The first-order valence-electron chi connectivity index (χ1n) is 6.07. The Bertz CT molecular complexity index is 873. The SMILES string of the molecule is Cc1ccsc1-c1[nH]nc2ncc(-c3cn[nH]c3)nc12. The molecule has 0 amide bonds. The van der Waals surface area contributed by atoms with Gasteiger partial charge in [-0.1, -0.05) is 0 Å². The lowest BCUT2D eigenvalue weighted by Crippen LogP contribution is -1.87. The molecule has 98 valence electrons. The summed E-state index contributed by atoms with van der Waals surface area (Å²) in [6, 6.07) is 2.08. The maximum absolute atomic E-state index is 4.67. The molecule has 20 heavy (non-hydrogen) atoms. The van der Waals surface area contributed by atoms with Crippen molar-refractivity contribution in [2.24, 2.45) is 0 Å². The number of nitrogens with zero attached hydrogens (tertiary/aromatic N) is 4. The molecule has 4 heterocycles. The molecule has 2 N–H and O–H groups in total. The highest BCUT2D eigenvalue weighted by Gasteiger charge is 2.14. The van der Waals surface area contributed by atoms with Crippen LogP contribution in [0.15, 0.2) is 30.0 Å². The number of aromatic nitrogens is 6. The van der Waals surface area contributed by atoms with Crippen LogP contribution in [0.4, 0.5) is 0 Å². The van der Waals surface area contributed by atoms with Crippen molar-refractivity contribution in [3.8, 4) is 21.8 Å². The summed E-state index contributed by atoms with van der Waals surface area (Å²) in [4.78, 5) is 10.2. The number of aryl methyl sites for hydroxylation is 1. The third kappa shape index (κ3) is 1.64. The van der Waals surface area contributed by atoms with Gasteiger partial charge in [0.25, 0.3) is 0 Å². The zero-order valence-corrected chi connectivity index (χ0v) is 11.4. The molecule has 4 rings (SSSR count). The molecule has 0 aromatic carbocycles. The van der Waals surface area contributed by atoms with E-state index in [0.717, 1.165) is 27.3 Å². The second-order valence-corrected chi connectivity index (χ2v) is 5.36. The fourth-order valence-electron chi connectivity index (χ4n) is 2.11. The van der Waals surface area contributed by atoms with Crippen molar-refractivity contribution in [2.45, 2.75) is 6.92 Å². The number of hydrogen-bond donors (Lipinski definition) is 2. The van der Waals surface area contributed by atoms with E-state index < -0.39 is 0 Å². The molecular formula is C13H10N6S. The van der Waals surface area contributed by atoms with Gasteiger partial charge in [0.2, 0.25) is 0 Å². The highest BCUT2D eigenvalue weighted by Crippen LogP contribution is 2.32. The number of fused-ring (bicyclic) bond motifs is 1. The maximum atomic E-state index is 4.67. The molecule has 0 fully saturated rings. The first-order chi connectivity index (χ1) is 9.83. The second kappa shape index (κ2) is 4.24. The van der Waals surface area contributed by atoms with Crippen molar-refractivity contribution in [2.75, 3.05) is 0 Å². The summed E-state index contributed by atoms with van der Waals surface area (Å²) in [5.74, 6) is 0. The van der Waals surface area contributed by atoms with Crippen molar-refractivity contribution in [3.05, 3.63) is 35.6 Å². The Kier molecular flexibility index (Phi) is 2.40. The highest BCUT2D eigenvalue weighted by molar-refractivity contribution is 7.13. The number of hydrogen-bond acceptors (Lipinski definition) is 5. The zero-order chi connectivity index (χ0) is 13.5. The lowest BCUT2D eigenvalue weighted by atomic mass is 10.2. The minimum atomic E-state index is 0.625. The van der Waals surface area contributed by atoms with E-state index in [0.29, 0.717) is 5.65 Å². The summed E-state index contributed by atoms with van der Waals surface area (Å²) in [6.07, 6.45) is 5.23. The minimum absolute atomic E-state index is 0.625. The molecule has 0 unspecified atom stereocenters. The van der Waals surface area contributed by atoms with E-state index in [9.17, 15) is 0 Å². The molecule has 6 nitrogen and oxygen atoms in total. The first kappa shape index (κ1) is 11.3. The van der Waals surface area contributed by atoms with Gasteiger partial charge >= 0.3 is 0 Å². The van der Waals surface area contributed by atoms with Crippen LogP contribution in [-0.4, -0.2) is 30.4 Å².